The number of anilines is 1. The van der Waals surface area contributed by atoms with E-state index < -0.39 is 0 Å². The van der Waals surface area contributed by atoms with Gasteiger partial charge in [-0.1, -0.05) is 18.2 Å². The average Bonchev–Trinajstić information content (AvgIpc) is 3.00. The molecule has 0 aromatic heterocycles. The molecular formula is C19H21FN2O. The van der Waals surface area contributed by atoms with E-state index in [1.807, 2.05) is 38.1 Å². The van der Waals surface area contributed by atoms with Gasteiger partial charge in [0.1, 0.15) is 5.82 Å². The van der Waals surface area contributed by atoms with Crippen molar-refractivity contribution in [2.45, 2.75) is 32.7 Å². The summed E-state index contributed by atoms with van der Waals surface area (Å²) in [6, 6.07) is 12.2. The second kappa shape index (κ2) is 6.41. The molecule has 1 aliphatic rings. The summed E-state index contributed by atoms with van der Waals surface area (Å²) in [7, 11) is 0. The monoisotopic (exact) mass is 312 g/mol. The molecule has 1 aliphatic heterocycles. The summed E-state index contributed by atoms with van der Waals surface area (Å²) in [5, 5.41) is 2.96. The predicted molar refractivity (Wildman–Crippen MR) is 90.0 cm³/mol. The predicted octanol–water partition coefficient (Wildman–Crippen LogP) is 4.81. The third-order valence-corrected chi connectivity index (χ3v) is 4.51. The molecule has 1 saturated heterocycles. The van der Waals surface area contributed by atoms with Crippen LogP contribution in [0.3, 0.4) is 0 Å². The highest BCUT2D eigenvalue weighted by molar-refractivity contribution is 5.90. The molecule has 4 heteroatoms. The lowest BCUT2D eigenvalue weighted by Crippen LogP contribution is -2.34. The SMILES string of the molecule is Cc1ccc(NC(=O)N2CCCC2c2cccc(F)c2)cc1C. The number of benzene rings is 2. The highest BCUT2D eigenvalue weighted by Crippen LogP contribution is 2.32. The minimum absolute atomic E-state index is 0.0581. The third-order valence-electron chi connectivity index (χ3n) is 4.51. The molecule has 0 aliphatic carbocycles. The number of hydrogen-bond donors (Lipinski definition) is 1. The molecule has 1 atom stereocenters. The Morgan fingerprint density at radius 3 is 2.74 bits per heavy atom. The Kier molecular flexibility index (Phi) is 4.33. The van der Waals surface area contributed by atoms with E-state index in [-0.39, 0.29) is 17.9 Å². The molecule has 3 nitrogen and oxygen atoms in total. The molecule has 0 radical (unpaired) electrons. The largest absolute Gasteiger partial charge is 0.322 e. The van der Waals surface area contributed by atoms with Crippen molar-refractivity contribution < 1.29 is 9.18 Å². The fraction of sp³-hybridized carbons (Fsp3) is 0.316. The van der Waals surface area contributed by atoms with Gasteiger partial charge in [0.05, 0.1) is 6.04 Å². The summed E-state index contributed by atoms with van der Waals surface area (Å²) in [5.41, 5.74) is 3.99. The Balaban J connectivity index is 1.76. The van der Waals surface area contributed by atoms with Crippen LogP contribution in [0.1, 0.15) is 35.6 Å². The lowest BCUT2D eigenvalue weighted by Gasteiger charge is -2.25. The van der Waals surface area contributed by atoms with Gasteiger partial charge in [0, 0.05) is 12.2 Å². The summed E-state index contributed by atoms with van der Waals surface area (Å²) in [6.45, 7) is 4.76. The Labute approximate surface area is 136 Å². The van der Waals surface area contributed by atoms with E-state index in [4.69, 9.17) is 0 Å². The molecule has 1 heterocycles. The zero-order valence-electron chi connectivity index (χ0n) is 13.5. The number of aryl methyl sites for hydroxylation is 2. The molecule has 2 aromatic rings. The topological polar surface area (TPSA) is 32.3 Å². The van der Waals surface area contributed by atoms with E-state index in [2.05, 4.69) is 5.32 Å². The molecule has 23 heavy (non-hydrogen) atoms. The molecule has 0 spiro atoms. The Morgan fingerprint density at radius 1 is 1.17 bits per heavy atom. The van der Waals surface area contributed by atoms with Gasteiger partial charge in [0.15, 0.2) is 0 Å². The van der Waals surface area contributed by atoms with Crippen LogP contribution in [0, 0.1) is 19.7 Å². The standard InChI is InChI=1S/C19H21FN2O/c1-13-8-9-17(11-14(13)2)21-19(23)22-10-4-7-18(22)15-5-3-6-16(20)12-15/h3,5-6,8-9,11-12,18H,4,7,10H2,1-2H3,(H,21,23). The van der Waals surface area contributed by atoms with Crippen molar-refractivity contribution in [3.05, 3.63) is 65.0 Å². The van der Waals surface area contributed by atoms with Crippen molar-refractivity contribution in [3.8, 4) is 0 Å². The van der Waals surface area contributed by atoms with E-state index in [0.29, 0.717) is 6.54 Å². The molecule has 2 aromatic carbocycles. The zero-order chi connectivity index (χ0) is 16.4. The summed E-state index contributed by atoms with van der Waals surface area (Å²) in [5.74, 6) is -0.260. The van der Waals surface area contributed by atoms with Gasteiger partial charge in [-0.15, -0.1) is 0 Å². The van der Waals surface area contributed by atoms with Crippen molar-refractivity contribution in [2.75, 3.05) is 11.9 Å². The number of rotatable bonds is 2. The van der Waals surface area contributed by atoms with Gasteiger partial charge in [0.2, 0.25) is 0 Å². The fourth-order valence-corrected chi connectivity index (χ4v) is 3.08. The number of amides is 2. The van der Waals surface area contributed by atoms with Gasteiger partial charge in [-0.05, 0) is 67.6 Å². The van der Waals surface area contributed by atoms with Crippen LogP contribution in [0.2, 0.25) is 0 Å². The first-order valence-electron chi connectivity index (χ1n) is 7.95. The van der Waals surface area contributed by atoms with Crippen LogP contribution in [-0.4, -0.2) is 17.5 Å². The lowest BCUT2D eigenvalue weighted by atomic mass is 10.0. The van der Waals surface area contributed by atoms with Gasteiger partial charge >= 0.3 is 6.03 Å². The lowest BCUT2D eigenvalue weighted by molar-refractivity contribution is 0.207. The minimum atomic E-state index is -0.260. The molecule has 0 bridgehead atoms. The Hall–Kier alpha value is -2.36. The van der Waals surface area contributed by atoms with Crippen LogP contribution in [0.25, 0.3) is 0 Å². The smallest absolute Gasteiger partial charge is 0.317 e. The van der Waals surface area contributed by atoms with Crippen LogP contribution in [0.5, 0.6) is 0 Å². The second-order valence-electron chi connectivity index (χ2n) is 6.14. The van der Waals surface area contributed by atoms with Crippen LogP contribution in [-0.2, 0) is 0 Å². The first kappa shape index (κ1) is 15.5. The van der Waals surface area contributed by atoms with Crippen molar-refractivity contribution in [1.82, 2.24) is 4.90 Å². The summed E-state index contributed by atoms with van der Waals surface area (Å²) < 4.78 is 13.5. The quantitative estimate of drug-likeness (QED) is 0.848. The maximum atomic E-state index is 13.5. The van der Waals surface area contributed by atoms with E-state index in [0.717, 1.165) is 29.7 Å². The molecule has 1 unspecified atom stereocenters. The van der Waals surface area contributed by atoms with Crippen LogP contribution in [0.15, 0.2) is 42.5 Å². The van der Waals surface area contributed by atoms with E-state index in [1.165, 1.54) is 17.7 Å². The maximum absolute atomic E-state index is 13.5. The van der Waals surface area contributed by atoms with E-state index >= 15 is 0 Å². The molecule has 3 rings (SSSR count). The number of urea groups is 1. The number of carbonyl (C=O) groups excluding carboxylic acids is 1. The average molecular weight is 312 g/mol. The van der Waals surface area contributed by atoms with Crippen molar-refractivity contribution in [3.63, 3.8) is 0 Å². The normalized spacial score (nSPS) is 17.3. The maximum Gasteiger partial charge on any atom is 0.322 e. The van der Waals surface area contributed by atoms with Crippen molar-refractivity contribution in [1.29, 1.82) is 0 Å². The summed E-state index contributed by atoms with van der Waals surface area (Å²) in [4.78, 5) is 14.4. The van der Waals surface area contributed by atoms with Crippen LogP contribution < -0.4 is 5.32 Å². The highest BCUT2D eigenvalue weighted by Gasteiger charge is 2.30. The number of nitrogens with one attached hydrogen (secondary N) is 1. The van der Waals surface area contributed by atoms with Gasteiger partial charge in [-0.3, -0.25) is 0 Å². The highest BCUT2D eigenvalue weighted by atomic mass is 19.1. The molecule has 1 N–H and O–H groups in total. The third kappa shape index (κ3) is 3.36. The minimum Gasteiger partial charge on any atom is -0.317 e. The first-order valence-corrected chi connectivity index (χ1v) is 7.95. The Morgan fingerprint density at radius 2 is 2.00 bits per heavy atom. The van der Waals surface area contributed by atoms with Crippen molar-refractivity contribution >= 4 is 11.7 Å². The van der Waals surface area contributed by atoms with E-state index in [9.17, 15) is 9.18 Å². The fourth-order valence-electron chi connectivity index (χ4n) is 3.08. The molecule has 0 saturated carbocycles. The molecule has 1 fully saturated rings. The summed E-state index contributed by atoms with van der Waals surface area (Å²) in [6.07, 6.45) is 1.80. The second-order valence-corrected chi connectivity index (χ2v) is 6.14. The van der Waals surface area contributed by atoms with Crippen molar-refractivity contribution in [2.24, 2.45) is 0 Å². The number of hydrogen-bond acceptors (Lipinski definition) is 1. The zero-order valence-corrected chi connectivity index (χ0v) is 13.5. The molecule has 120 valence electrons. The van der Waals surface area contributed by atoms with Gasteiger partial charge < -0.3 is 10.2 Å². The number of likely N-dealkylation sites (tertiary alicyclic amines) is 1. The van der Waals surface area contributed by atoms with Crippen LogP contribution in [0.4, 0.5) is 14.9 Å². The number of nitrogens with zero attached hydrogens (tertiary/aromatic N) is 1. The number of halogens is 1. The Bertz CT molecular complexity index is 729. The van der Waals surface area contributed by atoms with E-state index in [1.54, 1.807) is 11.0 Å². The van der Waals surface area contributed by atoms with Gasteiger partial charge in [0.25, 0.3) is 0 Å². The number of carbonyl (C=O) groups is 1. The van der Waals surface area contributed by atoms with Crippen LogP contribution >= 0.6 is 0 Å². The first-order chi connectivity index (χ1) is 11.0. The molecular weight excluding hydrogens is 291 g/mol. The summed E-state index contributed by atoms with van der Waals surface area (Å²) >= 11 is 0. The van der Waals surface area contributed by atoms with Gasteiger partial charge in [-0.25, -0.2) is 9.18 Å². The van der Waals surface area contributed by atoms with Gasteiger partial charge in [-0.2, -0.15) is 0 Å². The molecule has 2 amide bonds.